The van der Waals surface area contributed by atoms with Crippen LogP contribution in [0.2, 0.25) is 0 Å². The highest BCUT2D eigenvalue weighted by Gasteiger charge is 2.13. The van der Waals surface area contributed by atoms with Crippen LogP contribution in [0.1, 0.15) is 31.0 Å². The number of non-ortho nitro benzene ring substituents is 1. The van der Waals surface area contributed by atoms with E-state index in [-0.39, 0.29) is 17.3 Å². The molecular formula is C15H15N5O3. The maximum absolute atomic E-state index is 10.7. The predicted molar refractivity (Wildman–Crippen MR) is 84.1 cm³/mol. The van der Waals surface area contributed by atoms with Crippen LogP contribution in [0.4, 0.5) is 11.6 Å². The second-order valence-corrected chi connectivity index (χ2v) is 5.22. The van der Waals surface area contributed by atoms with Crippen molar-refractivity contribution in [2.45, 2.75) is 20.3 Å². The van der Waals surface area contributed by atoms with Crippen LogP contribution in [0.5, 0.6) is 0 Å². The molecule has 0 radical (unpaired) electrons. The maximum Gasteiger partial charge on any atom is 0.270 e. The molecule has 118 valence electrons. The molecular weight excluding hydrogens is 298 g/mol. The van der Waals surface area contributed by atoms with E-state index in [4.69, 9.17) is 9.68 Å². The Kier molecular flexibility index (Phi) is 5.04. The van der Waals surface area contributed by atoms with Crippen LogP contribution in [-0.2, 0) is 6.42 Å². The second kappa shape index (κ2) is 7.17. The predicted octanol–water partition coefficient (Wildman–Crippen LogP) is 3.10. The number of benzene rings is 1. The molecule has 0 saturated carbocycles. The summed E-state index contributed by atoms with van der Waals surface area (Å²) in [6.07, 6.45) is 2.02. The van der Waals surface area contributed by atoms with E-state index in [0.717, 1.165) is 0 Å². The van der Waals surface area contributed by atoms with E-state index < -0.39 is 4.92 Å². The standard InChI is InChI=1S/C15H15N5O3/c1-10(2)6-14-18-13(8-16)15(23-14)19-17-9-11-4-3-5-12(7-11)20(21)22/h3-5,7,9-10,19H,6H2,1-2H3/b17-9-. The summed E-state index contributed by atoms with van der Waals surface area (Å²) < 4.78 is 5.45. The number of nitriles is 1. The largest absolute Gasteiger partial charge is 0.422 e. The first-order valence-corrected chi connectivity index (χ1v) is 6.93. The summed E-state index contributed by atoms with van der Waals surface area (Å²) >= 11 is 0. The first-order chi connectivity index (χ1) is 11.0. The molecule has 2 aromatic rings. The maximum atomic E-state index is 10.7. The average Bonchev–Trinajstić information content (AvgIpc) is 2.88. The Morgan fingerprint density at radius 2 is 2.35 bits per heavy atom. The summed E-state index contributed by atoms with van der Waals surface area (Å²) in [7, 11) is 0. The van der Waals surface area contributed by atoms with Crippen LogP contribution in [0.15, 0.2) is 33.8 Å². The summed E-state index contributed by atoms with van der Waals surface area (Å²) in [4.78, 5) is 14.3. The highest BCUT2D eigenvalue weighted by atomic mass is 16.6. The third-order valence-electron chi connectivity index (χ3n) is 2.82. The Hall–Kier alpha value is -3.21. The van der Waals surface area contributed by atoms with Crippen molar-refractivity contribution in [2.75, 3.05) is 5.43 Å². The second-order valence-electron chi connectivity index (χ2n) is 5.22. The molecule has 1 aromatic heterocycles. The number of nitro groups is 1. The normalized spacial score (nSPS) is 10.9. The molecule has 23 heavy (non-hydrogen) atoms. The fraction of sp³-hybridized carbons (Fsp3) is 0.267. The molecule has 2 rings (SSSR count). The number of oxazole rings is 1. The number of nitrogens with one attached hydrogen (secondary N) is 1. The molecule has 0 unspecified atom stereocenters. The van der Waals surface area contributed by atoms with Crippen LogP contribution in [-0.4, -0.2) is 16.1 Å². The van der Waals surface area contributed by atoms with Gasteiger partial charge in [-0.1, -0.05) is 26.0 Å². The van der Waals surface area contributed by atoms with E-state index in [9.17, 15) is 10.1 Å². The zero-order valence-corrected chi connectivity index (χ0v) is 12.7. The van der Waals surface area contributed by atoms with Crippen molar-refractivity contribution in [3.8, 4) is 6.07 Å². The fourth-order valence-electron chi connectivity index (χ4n) is 1.84. The smallest absolute Gasteiger partial charge is 0.270 e. The third-order valence-corrected chi connectivity index (χ3v) is 2.82. The Morgan fingerprint density at radius 3 is 3.00 bits per heavy atom. The van der Waals surface area contributed by atoms with Crippen LogP contribution in [0.3, 0.4) is 0 Å². The summed E-state index contributed by atoms with van der Waals surface area (Å²) in [5.74, 6) is 0.968. The number of hydrogen-bond donors (Lipinski definition) is 1. The molecule has 1 heterocycles. The molecule has 0 saturated heterocycles. The van der Waals surface area contributed by atoms with Crippen LogP contribution < -0.4 is 5.43 Å². The molecule has 8 nitrogen and oxygen atoms in total. The molecule has 0 bridgehead atoms. The number of anilines is 1. The summed E-state index contributed by atoms with van der Waals surface area (Å²) in [5.41, 5.74) is 3.25. The molecule has 1 N–H and O–H groups in total. The molecule has 1 aromatic carbocycles. The van der Waals surface area contributed by atoms with E-state index in [1.807, 2.05) is 19.9 Å². The van der Waals surface area contributed by atoms with Gasteiger partial charge >= 0.3 is 0 Å². The Morgan fingerprint density at radius 1 is 1.57 bits per heavy atom. The van der Waals surface area contributed by atoms with Gasteiger partial charge < -0.3 is 4.42 Å². The number of rotatable bonds is 6. The number of aromatic nitrogens is 1. The van der Waals surface area contributed by atoms with Gasteiger partial charge in [-0.15, -0.1) is 0 Å². The molecule has 8 heteroatoms. The van der Waals surface area contributed by atoms with Crippen LogP contribution in [0.25, 0.3) is 0 Å². The molecule has 0 amide bonds. The Labute approximate surface area is 132 Å². The zero-order chi connectivity index (χ0) is 16.8. The quantitative estimate of drug-likeness (QED) is 0.497. The van der Waals surface area contributed by atoms with Crippen molar-refractivity contribution < 1.29 is 9.34 Å². The molecule has 0 aliphatic rings. The van der Waals surface area contributed by atoms with Crippen molar-refractivity contribution in [1.29, 1.82) is 5.26 Å². The van der Waals surface area contributed by atoms with Gasteiger partial charge in [0.1, 0.15) is 6.07 Å². The minimum atomic E-state index is -0.479. The Balaban J connectivity index is 2.11. The van der Waals surface area contributed by atoms with Gasteiger partial charge in [-0.3, -0.25) is 10.1 Å². The molecule has 0 aliphatic carbocycles. The first kappa shape index (κ1) is 16.2. The van der Waals surface area contributed by atoms with Gasteiger partial charge in [0.2, 0.25) is 5.69 Å². The lowest BCUT2D eigenvalue weighted by Crippen LogP contribution is -1.93. The van der Waals surface area contributed by atoms with Crippen molar-refractivity contribution in [3.05, 3.63) is 51.5 Å². The van der Waals surface area contributed by atoms with Gasteiger partial charge in [-0.2, -0.15) is 10.4 Å². The van der Waals surface area contributed by atoms with Gasteiger partial charge in [0.05, 0.1) is 11.1 Å². The number of nitro benzene ring substituents is 1. The molecule has 0 spiro atoms. The topological polar surface area (TPSA) is 117 Å². The van der Waals surface area contributed by atoms with Crippen LogP contribution >= 0.6 is 0 Å². The average molecular weight is 313 g/mol. The fourth-order valence-corrected chi connectivity index (χ4v) is 1.84. The summed E-state index contributed by atoms with van der Waals surface area (Å²) in [6.45, 7) is 4.04. The van der Waals surface area contributed by atoms with E-state index >= 15 is 0 Å². The van der Waals surface area contributed by atoms with Gasteiger partial charge in [0.25, 0.3) is 11.6 Å². The van der Waals surface area contributed by atoms with Crippen molar-refractivity contribution in [3.63, 3.8) is 0 Å². The zero-order valence-electron chi connectivity index (χ0n) is 12.7. The van der Waals surface area contributed by atoms with E-state index in [1.165, 1.54) is 18.3 Å². The highest BCUT2D eigenvalue weighted by molar-refractivity contribution is 5.81. The first-order valence-electron chi connectivity index (χ1n) is 6.93. The minimum absolute atomic E-state index is 0.0226. The monoisotopic (exact) mass is 313 g/mol. The van der Waals surface area contributed by atoms with Gasteiger partial charge in [-0.05, 0) is 5.92 Å². The van der Waals surface area contributed by atoms with Crippen molar-refractivity contribution in [1.82, 2.24) is 4.98 Å². The molecule has 0 atom stereocenters. The van der Waals surface area contributed by atoms with E-state index in [1.54, 1.807) is 12.1 Å². The minimum Gasteiger partial charge on any atom is -0.422 e. The lowest BCUT2D eigenvalue weighted by Gasteiger charge is -1.98. The van der Waals surface area contributed by atoms with Crippen molar-refractivity contribution in [2.24, 2.45) is 11.0 Å². The van der Waals surface area contributed by atoms with E-state index in [2.05, 4.69) is 15.5 Å². The summed E-state index contributed by atoms with van der Waals surface area (Å²) in [5, 5.41) is 23.7. The van der Waals surface area contributed by atoms with E-state index in [0.29, 0.717) is 23.8 Å². The SMILES string of the molecule is CC(C)Cc1nc(C#N)c(N/N=C\c2cccc([N+](=O)[O-])c2)o1. The highest BCUT2D eigenvalue weighted by Crippen LogP contribution is 2.19. The molecule has 0 fully saturated rings. The Bertz CT molecular complexity index is 774. The number of nitrogens with zero attached hydrogens (tertiary/aromatic N) is 4. The lowest BCUT2D eigenvalue weighted by molar-refractivity contribution is -0.384. The molecule has 0 aliphatic heterocycles. The van der Waals surface area contributed by atoms with Gasteiger partial charge in [0, 0.05) is 24.1 Å². The lowest BCUT2D eigenvalue weighted by atomic mass is 10.1. The third kappa shape index (κ3) is 4.38. The van der Waals surface area contributed by atoms with Gasteiger partial charge in [-0.25, -0.2) is 10.4 Å². The number of hydrazone groups is 1. The summed E-state index contributed by atoms with van der Waals surface area (Å²) in [6, 6.07) is 7.96. The van der Waals surface area contributed by atoms with Crippen LogP contribution in [0, 0.1) is 27.4 Å². The number of hydrogen-bond acceptors (Lipinski definition) is 7. The van der Waals surface area contributed by atoms with Crippen molar-refractivity contribution >= 4 is 17.8 Å². The van der Waals surface area contributed by atoms with Gasteiger partial charge in [0.15, 0.2) is 5.89 Å².